The van der Waals surface area contributed by atoms with Crippen LogP contribution in [0.4, 0.5) is 5.69 Å². The number of benzene rings is 2. The highest BCUT2D eigenvalue weighted by Crippen LogP contribution is 2.25. The van der Waals surface area contributed by atoms with Crippen LogP contribution in [0.15, 0.2) is 60.9 Å². The van der Waals surface area contributed by atoms with Gasteiger partial charge in [-0.25, -0.2) is 14.3 Å². The Bertz CT molecular complexity index is 1280. The lowest BCUT2D eigenvalue weighted by Gasteiger charge is -2.09. The van der Waals surface area contributed by atoms with E-state index < -0.39 is 5.97 Å². The van der Waals surface area contributed by atoms with E-state index in [-0.39, 0.29) is 18.1 Å². The number of esters is 1. The van der Waals surface area contributed by atoms with Crippen LogP contribution in [0.1, 0.15) is 27.6 Å². The first-order valence-corrected chi connectivity index (χ1v) is 10.1. The molecule has 0 atom stereocenters. The summed E-state index contributed by atoms with van der Waals surface area (Å²) in [5.74, 6) is -0.826. The number of carbonyl (C=O) groups is 2. The average Bonchev–Trinajstić information content (AvgIpc) is 3.18. The number of carbonyl (C=O) groups excluding carboxylic acids is 2. The molecule has 1 N–H and O–H groups in total. The zero-order valence-corrected chi connectivity index (χ0v) is 17.8. The number of aromatic nitrogens is 3. The van der Waals surface area contributed by atoms with Gasteiger partial charge in [0.25, 0.3) is 5.91 Å². The predicted octanol–water partition coefficient (Wildman–Crippen LogP) is 5.13. The van der Waals surface area contributed by atoms with E-state index in [0.29, 0.717) is 32.6 Å². The summed E-state index contributed by atoms with van der Waals surface area (Å²) in [6.45, 7) is 2.00. The van der Waals surface area contributed by atoms with Gasteiger partial charge in [0.15, 0.2) is 5.65 Å². The standard InChI is InChI=1S/C22H16Cl2N4O3/c1-2-31-22(30)18-12-26-28-19(6-7-25-20(18)28)13-4-3-5-17(10-13)27-21(29)14-8-15(23)11-16(24)9-14/h3-12H,2H2,1H3,(H,27,29). The maximum absolute atomic E-state index is 12.6. The Hall–Kier alpha value is -3.42. The Morgan fingerprint density at radius 2 is 1.87 bits per heavy atom. The molecular weight excluding hydrogens is 439 g/mol. The van der Waals surface area contributed by atoms with Gasteiger partial charge in [0.2, 0.25) is 0 Å². The molecule has 0 saturated carbocycles. The van der Waals surface area contributed by atoms with E-state index in [1.165, 1.54) is 6.20 Å². The number of anilines is 1. The number of hydrogen-bond acceptors (Lipinski definition) is 5. The second kappa shape index (κ2) is 8.75. The first-order valence-electron chi connectivity index (χ1n) is 9.34. The molecule has 0 fully saturated rings. The first kappa shape index (κ1) is 20.8. The molecule has 7 nitrogen and oxygen atoms in total. The number of hydrogen-bond donors (Lipinski definition) is 1. The fourth-order valence-corrected chi connectivity index (χ4v) is 3.63. The SMILES string of the molecule is CCOC(=O)c1cnn2c(-c3cccc(NC(=O)c4cc(Cl)cc(Cl)c4)c3)ccnc12. The largest absolute Gasteiger partial charge is 0.462 e. The van der Waals surface area contributed by atoms with Crippen molar-refractivity contribution in [2.45, 2.75) is 6.92 Å². The summed E-state index contributed by atoms with van der Waals surface area (Å²) in [7, 11) is 0. The molecule has 2 aromatic carbocycles. The van der Waals surface area contributed by atoms with Gasteiger partial charge in [-0.2, -0.15) is 5.10 Å². The van der Waals surface area contributed by atoms with E-state index in [9.17, 15) is 9.59 Å². The van der Waals surface area contributed by atoms with Gasteiger partial charge in [-0.3, -0.25) is 4.79 Å². The minimum absolute atomic E-state index is 0.259. The molecular formula is C22H16Cl2N4O3. The van der Waals surface area contributed by atoms with Crippen molar-refractivity contribution in [1.29, 1.82) is 0 Å². The molecule has 4 rings (SSSR count). The lowest BCUT2D eigenvalue weighted by molar-refractivity contribution is 0.0528. The lowest BCUT2D eigenvalue weighted by Crippen LogP contribution is -2.12. The predicted molar refractivity (Wildman–Crippen MR) is 119 cm³/mol. The first-order chi connectivity index (χ1) is 15.0. The second-order valence-corrected chi connectivity index (χ2v) is 7.41. The quantitative estimate of drug-likeness (QED) is 0.422. The van der Waals surface area contributed by atoms with Crippen molar-refractivity contribution < 1.29 is 14.3 Å². The third kappa shape index (κ3) is 4.38. The molecule has 9 heteroatoms. The van der Waals surface area contributed by atoms with Gasteiger partial charge in [-0.1, -0.05) is 35.3 Å². The fourth-order valence-electron chi connectivity index (χ4n) is 3.11. The Kier molecular flexibility index (Phi) is 5.88. The number of nitrogens with zero attached hydrogens (tertiary/aromatic N) is 3. The van der Waals surface area contributed by atoms with Crippen LogP contribution in [0.2, 0.25) is 10.0 Å². The Labute approximate surface area is 187 Å². The molecule has 0 aliphatic carbocycles. The zero-order chi connectivity index (χ0) is 22.0. The summed E-state index contributed by atoms with van der Waals surface area (Å²) in [6.07, 6.45) is 3.02. The topological polar surface area (TPSA) is 85.6 Å². The zero-order valence-electron chi connectivity index (χ0n) is 16.3. The van der Waals surface area contributed by atoms with Gasteiger partial charge in [-0.15, -0.1) is 0 Å². The van der Waals surface area contributed by atoms with Gasteiger partial charge in [-0.05, 0) is 43.3 Å². The van der Waals surface area contributed by atoms with Crippen LogP contribution in [0.5, 0.6) is 0 Å². The molecule has 156 valence electrons. The summed E-state index contributed by atoms with van der Waals surface area (Å²) in [6, 6.07) is 13.6. The Balaban J connectivity index is 1.66. The van der Waals surface area contributed by atoms with Crippen molar-refractivity contribution in [1.82, 2.24) is 14.6 Å². The normalized spacial score (nSPS) is 10.8. The third-order valence-corrected chi connectivity index (χ3v) is 4.87. The minimum atomic E-state index is -0.483. The molecule has 4 aromatic rings. The second-order valence-electron chi connectivity index (χ2n) is 6.54. The number of amides is 1. The summed E-state index contributed by atoms with van der Waals surface area (Å²) in [5.41, 5.74) is 3.06. The highest BCUT2D eigenvalue weighted by Gasteiger charge is 2.17. The molecule has 0 spiro atoms. The number of fused-ring (bicyclic) bond motifs is 1. The fraction of sp³-hybridized carbons (Fsp3) is 0.0909. The summed E-state index contributed by atoms with van der Waals surface area (Å²) >= 11 is 12.0. The van der Waals surface area contributed by atoms with E-state index in [1.807, 2.05) is 6.07 Å². The van der Waals surface area contributed by atoms with Crippen molar-refractivity contribution in [3.05, 3.63) is 82.1 Å². The molecule has 2 heterocycles. The number of nitrogens with one attached hydrogen (secondary N) is 1. The monoisotopic (exact) mass is 454 g/mol. The van der Waals surface area contributed by atoms with Crippen LogP contribution >= 0.6 is 23.2 Å². The van der Waals surface area contributed by atoms with Crippen LogP contribution in [0, 0.1) is 0 Å². The summed E-state index contributed by atoms with van der Waals surface area (Å²) in [5, 5.41) is 7.88. The number of rotatable bonds is 5. The number of ether oxygens (including phenoxy) is 1. The maximum atomic E-state index is 12.6. The van der Waals surface area contributed by atoms with Crippen LogP contribution in [0.25, 0.3) is 16.9 Å². The summed E-state index contributed by atoms with van der Waals surface area (Å²) < 4.78 is 6.62. The third-order valence-electron chi connectivity index (χ3n) is 4.44. The molecule has 31 heavy (non-hydrogen) atoms. The van der Waals surface area contributed by atoms with Crippen LogP contribution in [0.3, 0.4) is 0 Å². The molecule has 0 saturated heterocycles. The molecule has 1 amide bonds. The van der Waals surface area contributed by atoms with Gasteiger partial charge in [0, 0.05) is 33.1 Å². The molecule has 2 aromatic heterocycles. The van der Waals surface area contributed by atoms with Crippen LogP contribution in [-0.4, -0.2) is 33.1 Å². The molecule has 0 aliphatic rings. The average molecular weight is 455 g/mol. The molecule has 0 unspecified atom stereocenters. The van der Waals surface area contributed by atoms with Crippen molar-refractivity contribution in [3.63, 3.8) is 0 Å². The molecule has 0 bridgehead atoms. The Morgan fingerprint density at radius 1 is 1.10 bits per heavy atom. The molecule has 0 aliphatic heterocycles. The van der Waals surface area contributed by atoms with Crippen molar-refractivity contribution in [2.75, 3.05) is 11.9 Å². The maximum Gasteiger partial charge on any atom is 0.343 e. The van der Waals surface area contributed by atoms with E-state index in [2.05, 4.69) is 15.4 Å². The number of halogens is 2. The highest BCUT2D eigenvalue weighted by molar-refractivity contribution is 6.35. The van der Waals surface area contributed by atoms with Gasteiger partial charge in [0.1, 0.15) is 5.56 Å². The van der Waals surface area contributed by atoms with E-state index in [1.54, 1.807) is 60.1 Å². The van der Waals surface area contributed by atoms with Crippen LogP contribution < -0.4 is 5.32 Å². The summed E-state index contributed by atoms with van der Waals surface area (Å²) in [4.78, 5) is 29.0. The van der Waals surface area contributed by atoms with E-state index in [4.69, 9.17) is 27.9 Å². The van der Waals surface area contributed by atoms with Crippen molar-refractivity contribution >= 4 is 46.4 Å². The van der Waals surface area contributed by atoms with E-state index in [0.717, 1.165) is 5.56 Å². The van der Waals surface area contributed by atoms with Crippen LogP contribution in [-0.2, 0) is 4.74 Å². The smallest absolute Gasteiger partial charge is 0.343 e. The molecule has 0 radical (unpaired) electrons. The van der Waals surface area contributed by atoms with Gasteiger partial charge >= 0.3 is 5.97 Å². The van der Waals surface area contributed by atoms with E-state index >= 15 is 0 Å². The lowest BCUT2D eigenvalue weighted by atomic mass is 10.1. The highest BCUT2D eigenvalue weighted by atomic mass is 35.5. The Morgan fingerprint density at radius 3 is 2.61 bits per heavy atom. The minimum Gasteiger partial charge on any atom is -0.462 e. The van der Waals surface area contributed by atoms with Crippen molar-refractivity contribution in [2.24, 2.45) is 0 Å². The van der Waals surface area contributed by atoms with Gasteiger partial charge < -0.3 is 10.1 Å². The van der Waals surface area contributed by atoms with Gasteiger partial charge in [0.05, 0.1) is 18.5 Å². The van der Waals surface area contributed by atoms with Crippen molar-refractivity contribution in [3.8, 4) is 11.3 Å².